The number of nitrogens with one attached hydrogen (secondary N) is 1. The number of hydrogen-bond donors (Lipinski definition) is 1. The lowest BCUT2D eigenvalue weighted by Gasteiger charge is -2.13. The summed E-state index contributed by atoms with van der Waals surface area (Å²) in [6, 6.07) is 11.3. The van der Waals surface area contributed by atoms with Crippen LogP contribution in [0.4, 0.5) is 5.69 Å². The van der Waals surface area contributed by atoms with Crippen LogP contribution in [0.3, 0.4) is 0 Å². The minimum atomic E-state index is -0.642. The molecule has 0 fully saturated rings. The predicted molar refractivity (Wildman–Crippen MR) is 133 cm³/mol. The molecule has 0 saturated heterocycles. The number of aryl methyl sites for hydroxylation is 2. The quantitative estimate of drug-likeness (QED) is 0.424. The molecule has 33 heavy (non-hydrogen) atoms. The fourth-order valence-corrected chi connectivity index (χ4v) is 4.90. The molecule has 2 aromatic carbocycles. The van der Waals surface area contributed by atoms with Crippen LogP contribution in [0.2, 0.25) is 10.0 Å². The molecule has 0 saturated carbocycles. The van der Waals surface area contributed by atoms with Crippen molar-refractivity contribution in [2.75, 3.05) is 12.4 Å². The largest absolute Gasteiger partial charge is 0.497 e. The number of nitrogens with zero attached hydrogens (tertiary/aromatic N) is 2. The zero-order valence-electron chi connectivity index (χ0n) is 17.9. The van der Waals surface area contributed by atoms with E-state index < -0.39 is 17.2 Å². The van der Waals surface area contributed by atoms with Gasteiger partial charge in [0.1, 0.15) is 17.1 Å². The third-order valence-electron chi connectivity index (χ3n) is 5.29. The molecule has 1 amide bonds. The van der Waals surface area contributed by atoms with Crippen LogP contribution in [0, 0.1) is 13.8 Å². The van der Waals surface area contributed by atoms with Crippen LogP contribution >= 0.6 is 34.5 Å². The van der Waals surface area contributed by atoms with E-state index in [0.717, 1.165) is 15.0 Å². The molecule has 0 radical (unpaired) electrons. The second-order valence-electron chi connectivity index (χ2n) is 7.35. The minimum Gasteiger partial charge on any atom is -0.497 e. The van der Waals surface area contributed by atoms with Crippen molar-refractivity contribution in [3.8, 4) is 11.4 Å². The van der Waals surface area contributed by atoms with E-state index in [1.54, 1.807) is 37.4 Å². The average molecular weight is 504 g/mol. The summed E-state index contributed by atoms with van der Waals surface area (Å²) in [6.07, 6.45) is 0. The van der Waals surface area contributed by atoms with Crippen molar-refractivity contribution in [3.63, 3.8) is 0 Å². The van der Waals surface area contributed by atoms with Gasteiger partial charge in [-0.1, -0.05) is 23.2 Å². The number of ether oxygens (including phenoxy) is 1. The van der Waals surface area contributed by atoms with Gasteiger partial charge in [-0.25, -0.2) is 9.36 Å². The molecule has 10 heteroatoms. The maximum Gasteiger partial charge on any atom is 0.337 e. The van der Waals surface area contributed by atoms with Gasteiger partial charge in [-0.15, -0.1) is 11.3 Å². The van der Waals surface area contributed by atoms with Crippen molar-refractivity contribution in [1.29, 1.82) is 0 Å². The second-order valence-corrected chi connectivity index (χ2v) is 9.37. The Morgan fingerprint density at radius 2 is 1.76 bits per heavy atom. The molecule has 170 valence electrons. The van der Waals surface area contributed by atoms with Gasteiger partial charge in [0.2, 0.25) is 5.91 Å². The molecule has 0 bridgehead atoms. The molecule has 0 aliphatic rings. The normalized spacial score (nSPS) is 11.1. The van der Waals surface area contributed by atoms with Crippen LogP contribution in [0.5, 0.6) is 5.75 Å². The molecule has 2 aromatic heterocycles. The van der Waals surface area contributed by atoms with Crippen LogP contribution in [0.1, 0.15) is 10.4 Å². The zero-order chi connectivity index (χ0) is 23.9. The molecule has 2 heterocycles. The van der Waals surface area contributed by atoms with Crippen LogP contribution in [-0.4, -0.2) is 22.2 Å². The van der Waals surface area contributed by atoms with E-state index in [0.29, 0.717) is 26.7 Å². The predicted octanol–water partition coefficient (Wildman–Crippen LogP) is 4.78. The van der Waals surface area contributed by atoms with Crippen molar-refractivity contribution in [3.05, 3.63) is 83.8 Å². The highest BCUT2D eigenvalue weighted by Crippen LogP contribution is 2.28. The fraction of sp³-hybridized carbons (Fsp3) is 0.174. The van der Waals surface area contributed by atoms with Gasteiger partial charge in [-0.3, -0.25) is 14.2 Å². The van der Waals surface area contributed by atoms with Crippen molar-refractivity contribution in [2.45, 2.75) is 20.4 Å². The first kappa shape index (κ1) is 23.1. The number of rotatable bonds is 5. The molecule has 0 spiro atoms. The van der Waals surface area contributed by atoms with Crippen molar-refractivity contribution >= 4 is 56.3 Å². The Kier molecular flexibility index (Phi) is 6.34. The molecule has 0 aliphatic heterocycles. The highest BCUT2D eigenvalue weighted by Gasteiger charge is 2.21. The number of fused-ring (bicyclic) bond motifs is 1. The summed E-state index contributed by atoms with van der Waals surface area (Å²) in [6.45, 7) is 3.42. The molecular weight excluding hydrogens is 485 g/mol. The topological polar surface area (TPSA) is 82.3 Å². The van der Waals surface area contributed by atoms with Crippen LogP contribution in [0.15, 0.2) is 52.1 Å². The van der Waals surface area contributed by atoms with Crippen LogP contribution in [0.25, 0.3) is 15.9 Å². The van der Waals surface area contributed by atoms with Gasteiger partial charge in [-0.2, -0.15) is 0 Å². The van der Waals surface area contributed by atoms with E-state index in [2.05, 4.69) is 5.32 Å². The van der Waals surface area contributed by atoms with Crippen LogP contribution in [-0.2, 0) is 11.3 Å². The maximum atomic E-state index is 13.5. The summed E-state index contributed by atoms with van der Waals surface area (Å²) in [5.74, 6) is 0.246. The van der Waals surface area contributed by atoms with Crippen molar-refractivity contribution in [1.82, 2.24) is 9.13 Å². The Hall–Kier alpha value is -3.07. The molecule has 0 unspecified atom stereocenters. The number of carbonyl (C=O) groups is 1. The number of anilines is 1. The highest BCUT2D eigenvalue weighted by molar-refractivity contribution is 7.18. The highest BCUT2D eigenvalue weighted by atomic mass is 35.5. The third kappa shape index (κ3) is 4.29. The SMILES string of the molecule is COc1ccc(NC(=O)Cn2c(=O)n(-c3ccc(Cl)c(Cl)c3)c(=O)c3c(C)c(C)sc32)cc1. The standard InChI is InChI=1S/C23H19Cl2N3O4S/c1-12-13(2)33-22-20(12)21(30)28(15-6-9-17(24)18(25)10-15)23(31)27(22)11-19(29)26-14-4-7-16(32-3)8-5-14/h4-10H,11H2,1-3H3,(H,26,29). The lowest BCUT2D eigenvalue weighted by atomic mass is 10.2. The number of benzene rings is 2. The van der Waals surface area contributed by atoms with E-state index >= 15 is 0 Å². The lowest BCUT2D eigenvalue weighted by Crippen LogP contribution is -2.40. The first-order chi connectivity index (χ1) is 15.7. The third-order valence-corrected chi connectivity index (χ3v) is 7.26. The molecule has 0 atom stereocenters. The number of thiophene rings is 1. The van der Waals surface area contributed by atoms with Gasteiger partial charge in [0, 0.05) is 10.6 Å². The van der Waals surface area contributed by atoms with Gasteiger partial charge >= 0.3 is 5.69 Å². The van der Waals surface area contributed by atoms with E-state index in [1.165, 1.54) is 28.0 Å². The Labute approximate surface area is 202 Å². The monoisotopic (exact) mass is 503 g/mol. The second kappa shape index (κ2) is 9.05. The Morgan fingerprint density at radius 3 is 2.39 bits per heavy atom. The number of aromatic nitrogens is 2. The molecule has 4 rings (SSSR count). The van der Waals surface area contributed by atoms with E-state index in [1.807, 2.05) is 13.8 Å². The Balaban J connectivity index is 1.84. The summed E-state index contributed by atoms with van der Waals surface area (Å²) >= 11 is 13.4. The summed E-state index contributed by atoms with van der Waals surface area (Å²) < 4.78 is 7.45. The lowest BCUT2D eigenvalue weighted by molar-refractivity contribution is -0.116. The van der Waals surface area contributed by atoms with Crippen molar-refractivity contribution < 1.29 is 9.53 Å². The van der Waals surface area contributed by atoms with Gasteiger partial charge in [0.15, 0.2) is 0 Å². The Morgan fingerprint density at radius 1 is 1.06 bits per heavy atom. The summed E-state index contributed by atoms with van der Waals surface area (Å²) in [4.78, 5) is 41.0. The number of methoxy groups -OCH3 is 1. The van der Waals surface area contributed by atoms with Crippen LogP contribution < -0.4 is 21.3 Å². The molecule has 0 aliphatic carbocycles. The van der Waals surface area contributed by atoms with E-state index in [4.69, 9.17) is 27.9 Å². The van der Waals surface area contributed by atoms with Gasteiger partial charge in [0.25, 0.3) is 5.56 Å². The number of hydrogen-bond acceptors (Lipinski definition) is 5. The number of carbonyl (C=O) groups excluding carboxylic acids is 1. The molecule has 7 nitrogen and oxygen atoms in total. The van der Waals surface area contributed by atoms with Gasteiger partial charge < -0.3 is 10.1 Å². The molecule has 1 N–H and O–H groups in total. The minimum absolute atomic E-state index is 0.211. The van der Waals surface area contributed by atoms with Crippen molar-refractivity contribution in [2.24, 2.45) is 0 Å². The summed E-state index contributed by atoms with van der Waals surface area (Å²) in [5, 5.41) is 3.67. The molecule has 4 aromatic rings. The molecular formula is C23H19Cl2N3O4S. The summed E-state index contributed by atoms with van der Waals surface area (Å²) in [7, 11) is 1.55. The zero-order valence-corrected chi connectivity index (χ0v) is 20.3. The first-order valence-corrected chi connectivity index (χ1v) is 11.4. The summed E-state index contributed by atoms with van der Waals surface area (Å²) in [5.41, 5.74) is 0.479. The average Bonchev–Trinajstić information content (AvgIpc) is 3.08. The van der Waals surface area contributed by atoms with Gasteiger partial charge in [-0.05, 0) is 61.9 Å². The van der Waals surface area contributed by atoms with Gasteiger partial charge in [0.05, 0.1) is 28.2 Å². The number of amides is 1. The van der Waals surface area contributed by atoms with E-state index in [-0.39, 0.29) is 17.3 Å². The van der Waals surface area contributed by atoms with E-state index in [9.17, 15) is 14.4 Å². The first-order valence-electron chi connectivity index (χ1n) is 9.86. The Bertz CT molecular complexity index is 1500. The maximum absolute atomic E-state index is 13.5. The smallest absolute Gasteiger partial charge is 0.337 e. The fourth-order valence-electron chi connectivity index (χ4n) is 3.47. The number of halogens is 2.